The lowest BCUT2D eigenvalue weighted by molar-refractivity contribution is 0.641. The third-order valence-electron chi connectivity index (χ3n) is 3.35. The second-order valence-corrected chi connectivity index (χ2v) is 5.49. The average molecular weight is 289 g/mol. The highest BCUT2D eigenvalue weighted by molar-refractivity contribution is 6.30. The molecule has 1 unspecified atom stereocenters. The zero-order valence-electron chi connectivity index (χ0n) is 11.4. The minimum absolute atomic E-state index is 0.429. The van der Waals surface area contributed by atoms with E-state index >= 15 is 0 Å². The Bertz CT molecular complexity index is 633. The van der Waals surface area contributed by atoms with Crippen LogP contribution in [0.25, 0.3) is 5.82 Å². The first-order chi connectivity index (χ1) is 9.70. The summed E-state index contributed by atoms with van der Waals surface area (Å²) in [6.45, 7) is 1.95. The minimum atomic E-state index is 0.429. The first-order valence-corrected chi connectivity index (χ1v) is 7.20. The van der Waals surface area contributed by atoms with Crippen molar-refractivity contribution < 1.29 is 0 Å². The molecule has 0 saturated carbocycles. The van der Waals surface area contributed by atoms with E-state index in [4.69, 9.17) is 11.6 Å². The van der Waals surface area contributed by atoms with E-state index in [0.29, 0.717) is 11.1 Å². The van der Waals surface area contributed by atoms with Gasteiger partial charge in [0, 0.05) is 23.3 Å². The standard InChI is InChI=1S/C15H17ClN4/c1-11-7-8-20(19-11)15-10-12(16)9-14(18-15)17-13-5-3-2-4-6-13/h2-3,7-10,13H,4-6H2,1H3,(H,17,18). The smallest absolute Gasteiger partial charge is 0.157 e. The Morgan fingerprint density at radius 2 is 2.25 bits per heavy atom. The number of aromatic nitrogens is 3. The number of anilines is 1. The maximum absolute atomic E-state index is 6.19. The van der Waals surface area contributed by atoms with Crippen LogP contribution in [0.1, 0.15) is 25.0 Å². The Labute approximate surface area is 123 Å². The summed E-state index contributed by atoms with van der Waals surface area (Å²) in [7, 11) is 0. The van der Waals surface area contributed by atoms with Crippen LogP contribution in [0.4, 0.5) is 5.82 Å². The quantitative estimate of drug-likeness (QED) is 0.875. The average Bonchev–Trinajstić information content (AvgIpc) is 2.86. The molecule has 1 aliphatic carbocycles. The second kappa shape index (κ2) is 5.67. The maximum atomic E-state index is 6.19. The van der Waals surface area contributed by atoms with Gasteiger partial charge in [0.2, 0.25) is 0 Å². The van der Waals surface area contributed by atoms with Crippen LogP contribution in [-0.4, -0.2) is 20.8 Å². The first-order valence-electron chi connectivity index (χ1n) is 6.82. The van der Waals surface area contributed by atoms with E-state index in [0.717, 1.165) is 36.6 Å². The van der Waals surface area contributed by atoms with Crippen LogP contribution in [0, 0.1) is 6.92 Å². The molecule has 0 bridgehead atoms. The number of aryl methyl sites for hydroxylation is 1. The Morgan fingerprint density at radius 3 is 2.95 bits per heavy atom. The van der Waals surface area contributed by atoms with Gasteiger partial charge in [-0.05, 0) is 38.3 Å². The molecule has 2 aromatic rings. The van der Waals surface area contributed by atoms with Gasteiger partial charge in [-0.2, -0.15) is 5.10 Å². The van der Waals surface area contributed by atoms with Gasteiger partial charge in [-0.1, -0.05) is 23.8 Å². The van der Waals surface area contributed by atoms with Gasteiger partial charge in [-0.15, -0.1) is 0 Å². The number of allylic oxidation sites excluding steroid dienone is 1. The SMILES string of the molecule is Cc1ccn(-c2cc(Cl)cc(NC3CC=CCC3)n2)n1. The predicted octanol–water partition coefficient (Wildman–Crippen LogP) is 3.75. The maximum Gasteiger partial charge on any atom is 0.157 e. The molecule has 5 heteroatoms. The summed E-state index contributed by atoms with van der Waals surface area (Å²) in [4.78, 5) is 4.59. The van der Waals surface area contributed by atoms with Gasteiger partial charge >= 0.3 is 0 Å². The fraction of sp³-hybridized carbons (Fsp3) is 0.333. The summed E-state index contributed by atoms with van der Waals surface area (Å²) in [6, 6.07) is 6.06. The normalized spacial score (nSPS) is 18.2. The van der Waals surface area contributed by atoms with Crippen molar-refractivity contribution in [1.82, 2.24) is 14.8 Å². The molecule has 0 saturated heterocycles. The Morgan fingerprint density at radius 1 is 1.35 bits per heavy atom. The van der Waals surface area contributed by atoms with Crippen LogP contribution in [-0.2, 0) is 0 Å². The van der Waals surface area contributed by atoms with Gasteiger partial charge in [0.05, 0.1) is 5.69 Å². The van der Waals surface area contributed by atoms with Crippen molar-refractivity contribution in [2.45, 2.75) is 32.2 Å². The third-order valence-corrected chi connectivity index (χ3v) is 3.57. The van der Waals surface area contributed by atoms with Crippen molar-refractivity contribution in [1.29, 1.82) is 0 Å². The van der Waals surface area contributed by atoms with Gasteiger partial charge < -0.3 is 5.32 Å². The lowest BCUT2D eigenvalue weighted by atomic mass is 10.0. The number of hydrogen-bond acceptors (Lipinski definition) is 3. The van der Waals surface area contributed by atoms with Crippen molar-refractivity contribution in [3.63, 3.8) is 0 Å². The Balaban J connectivity index is 1.84. The van der Waals surface area contributed by atoms with E-state index < -0.39 is 0 Å². The fourth-order valence-electron chi connectivity index (χ4n) is 2.35. The zero-order chi connectivity index (χ0) is 13.9. The van der Waals surface area contributed by atoms with Crippen LogP contribution < -0.4 is 5.32 Å². The molecule has 0 spiro atoms. The molecular formula is C15H17ClN4. The highest BCUT2D eigenvalue weighted by atomic mass is 35.5. The van der Waals surface area contributed by atoms with Crippen LogP contribution in [0.2, 0.25) is 5.02 Å². The molecular weight excluding hydrogens is 272 g/mol. The van der Waals surface area contributed by atoms with E-state index in [1.54, 1.807) is 4.68 Å². The van der Waals surface area contributed by atoms with Gasteiger partial charge in [-0.3, -0.25) is 0 Å². The molecule has 0 amide bonds. The third kappa shape index (κ3) is 3.02. The number of nitrogens with zero attached hydrogens (tertiary/aromatic N) is 3. The van der Waals surface area contributed by atoms with Gasteiger partial charge in [0.25, 0.3) is 0 Å². The molecule has 2 heterocycles. The topological polar surface area (TPSA) is 42.7 Å². The van der Waals surface area contributed by atoms with Crippen LogP contribution in [0.5, 0.6) is 0 Å². The Hall–Kier alpha value is -1.81. The van der Waals surface area contributed by atoms with E-state index in [9.17, 15) is 0 Å². The van der Waals surface area contributed by atoms with E-state index in [2.05, 4.69) is 27.6 Å². The molecule has 0 aromatic carbocycles. The number of pyridine rings is 1. The summed E-state index contributed by atoms with van der Waals surface area (Å²) < 4.78 is 1.74. The number of hydrogen-bond donors (Lipinski definition) is 1. The van der Waals surface area contributed by atoms with Crippen LogP contribution in [0.15, 0.2) is 36.5 Å². The highest BCUT2D eigenvalue weighted by Gasteiger charge is 2.11. The lowest BCUT2D eigenvalue weighted by Crippen LogP contribution is -2.21. The van der Waals surface area contributed by atoms with Gasteiger partial charge in [0.1, 0.15) is 5.82 Å². The van der Waals surface area contributed by atoms with Crippen molar-refractivity contribution in [2.75, 3.05) is 5.32 Å². The number of nitrogens with one attached hydrogen (secondary N) is 1. The summed E-state index contributed by atoms with van der Waals surface area (Å²) in [5.41, 5.74) is 0.957. The molecule has 0 aliphatic heterocycles. The summed E-state index contributed by atoms with van der Waals surface area (Å²) in [6.07, 6.45) is 9.60. The van der Waals surface area contributed by atoms with E-state index in [-0.39, 0.29) is 0 Å². The number of rotatable bonds is 3. The van der Waals surface area contributed by atoms with Crippen LogP contribution in [0.3, 0.4) is 0 Å². The fourth-order valence-corrected chi connectivity index (χ4v) is 2.55. The summed E-state index contributed by atoms with van der Waals surface area (Å²) in [5, 5.41) is 8.48. The minimum Gasteiger partial charge on any atom is -0.367 e. The number of halogens is 1. The molecule has 1 aliphatic rings. The van der Waals surface area contributed by atoms with Crippen LogP contribution >= 0.6 is 11.6 Å². The van der Waals surface area contributed by atoms with Crippen molar-refractivity contribution in [3.05, 3.63) is 47.3 Å². The van der Waals surface area contributed by atoms with Gasteiger partial charge in [0.15, 0.2) is 5.82 Å². The molecule has 3 rings (SSSR count). The van der Waals surface area contributed by atoms with Crippen molar-refractivity contribution >= 4 is 17.4 Å². The molecule has 20 heavy (non-hydrogen) atoms. The van der Waals surface area contributed by atoms with E-state index in [1.165, 1.54) is 0 Å². The molecule has 104 valence electrons. The van der Waals surface area contributed by atoms with E-state index in [1.807, 2.05) is 31.3 Å². The second-order valence-electron chi connectivity index (χ2n) is 5.06. The lowest BCUT2D eigenvalue weighted by Gasteiger charge is -2.20. The first kappa shape index (κ1) is 13.2. The largest absolute Gasteiger partial charge is 0.367 e. The summed E-state index contributed by atoms with van der Waals surface area (Å²) in [5.74, 6) is 1.54. The van der Waals surface area contributed by atoms with Crippen molar-refractivity contribution in [3.8, 4) is 5.82 Å². The molecule has 1 N–H and O–H groups in total. The predicted molar refractivity (Wildman–Crippen MR) is 81.5 cm³/mol. The molecule has 1 atom stereocenters. The summed E-state index contributed by atoms with van der Waals surface area (Å²) >= 11 is 6.19. The monoisotopic (exact) mass is 288 g/mol. The highest BCUT2D eigenvalue weighted by Crippen LogP contribution is 2.21. The molecule has 4 nitrogen and oxygen atoms in total. The molecule has 2 aromatic heterocycles. The molecule has 0 fully saturated rings. The van der Waals surface area contributed by atoms with Crippen molar-refractivity contribution in [2.24, 2.45) is 0 Å². The Kier molecular flexibility index (Phi) is 3.74. The zero-order valence-corrected chi connectivity index (χ0v) is 12.1. The molecule has 0 radical (unpaired) electrons. The van der Waals surface area contributed by atoms with Gasteiger partial charge in [-0.25, -0.2) is 9.67 Å².